The summed E-state index contributed by atoms with van der Waals surface area (Å²) >= 11 is 0. The Labute approximate surface area is 130 Å². The molecule has 0 fully saturated rings. The fourth-order valence-corrected chi connectivity index (χ4v) is 2.09. The number of carbonyl (C=O) groups is 1. The van der Waals surface area contributed by atoms with Crippen molar-refractivity contribution in [3.05, 3.63) is 59.4 Å². The molecular formula is C18H21FN2O. The molecule has 3 nitrogen and oxygen atoms in total. The van der Waals surface area contributed by atoms with Crippen LogP contribution in [0.5, 0.6) is 0 Å². The van der Waals surface area contributed by atoms with Crippen molar-refractivity contribution in [2.45, 2.75) is 33.1 Å². The maximum absolute atomic E-state index is 12.8. The van der Waals surface area contributed by atoms with Crippen LogP contribution in [0.4, 0.5) is 20.6 Å². The number of benzene rings is 2. The third-order valence-corrected chi connectivity index (χ3v) is 3.44. The molecule has 2 aromatic carbocycles. The lowest BCUT2D eigenvalue weighted by atomic mass is 9.86. The van der Waals surface area contributed by atoms with Crippen LogP contribution >= 0.6 is 0 Å². The van der Waals surface area contributed by atoms with Crippen LogP contribution in [-0.2, 0) is 5.41 Å². The average Bonchev–Trinajstić information content (AvgIpc) is 2.42. The van der Waals surface area contributed by atoms with Crippen molar-refractivity contribution in [3.63, 3.8) is 0 Å². The molecular weight excluding hydrogens is 279 g/mol. The second kappa shape index (κ2) is 6.18. The lowest BCUT2D eigenvalue weighted by Gasteiger charge is -2.20. The van der Waals surface area contributed by atoms with E-state index in [9.17, 15) is 9.18 Å². The highest BCUT2D eigenvalue weighted by Gasteiger charge is 2.15. The van der Waals surface area contributed by atoms with E-state index < -0.39 is 0 Å². The number of hydrogen-bond donors (Lipinski definition) is 2. The fraction of sp³-hybridized carbons (Fsp3) is 0.278. The number of hydrogen-bond acceptors (Lipinski definition) is 1. The summed E-state index contributed by atoms with van der Waals surface area (Å²) in [5.41, 5.74) is 3.59. The van der Waals surface area contributed by atoms with Gasteiger partial charge in [-0.3, -0.25) is 0 Å². The number of carbonyl (C=O) groups excluding carboxylic acids is 1. The molecule has 0 aliphatic heterocycles. The van der Waals surface area contributed by atoms with Crippen molar-refractivity contribution < 1.29 is 9.18 Å². The lowest BCUT2D eigenvalue weighted by Crippen LogP contribution is -2.20. The van der Waals surface area contributed by atoms with Gasteiger partial charge in [-0.15, -0.1) is 0 Å². The van der Waals surface area contributed by atoms with Gasteiger partial charge in [-0.05, 0) is 53.8 Å². The van der Waals surface area contributed by atoms with Crippen molar-refractivity contribution in [1.82, 2.24) is 0 Å². The first kappa shape index (κ1) is 16.0. The molecule has 0 spiro atoms. The molecule has 4 heteroatoms. The second-order valence-electron chi connectivity index (χ2n) is 6.37. The van der Waals surface area contributed by atoms with Crippen LogP contribution in [0.25, 0.3) is 0 Å². The van der Waals surface area contributed by atoms with E-state index in [0.29, 0.717) is 5.69 Å². The monoisotopic (exact) mass is 300 g/mol. The molecule has 2 rings (SSSR count). The zero-order chi connectivity index (χ0) is 16.3. The highest BCUT2D eigenvalue weighted by Crippen LogP contribution is 2.26. The first-order valence-electron chi connectivity index (χ1n) is 7.20. The van der Waals surface area contributed by atoms with Gasteiger partial charge in [0, 0.05) is 11.4 Å². The van der Waals surface area contributed by atoms with Crippen LogP contribution in [0.15, 0.2) is 42.5 Å². The van der Waals surface area contributed by atoms with E-state index in [1.807, 2.05) is 19.1 Å². The fourth-order valence-electron chi connectivity index (χ4n) is 2.09. The lowest BCUT2D eigenvalue weighted by molar-refractivity contribution is 0.262. The maximum Gasteiger partial charge on any atom is 0.323 e. The van der Waals surface area contributed by atoms with E-state index in [1.165, 1.54) is 29.8 Å². The van der Waals surface area contributed by atoms with Crippen LogP contribution in [0.3, 0.4) is 0 Å². The predicted molar refractivity (Wildman–Crippen MR) is 88.9 cm³/mol. The van der Waals surface area contributed by atoms with Gasteiger partial charge in [0.05, 0.1) is 0 Å². The Bertz CT molecular complexity index is 672. The summed E-state index contributed by atoms with van der Waals surface area (Å²) in [6.07, 6.45) is 0. The molecule has 0 radical (unpaired) electrons. The van der Waals surface area contributed by atoms with Crippen molar-refractivity contribution >= 4 is 17.4 Å². The highest BCUT2D eigenvalue weighted by atomic mass is 19.1. The van der Waals surface area contributed by atoms with Gasteiger partial charge in [-0.1, -0.05) is 32.9 Å². The summed E-state index contributed by atoms with van der Waals surface area (Å²) in [7, 11) is 0. The number of nitrogens with one attached hydrogen (secondary N) is 2. The van der Waals surface area contributed by atoms with Crippen molar-refractivity contribution in [1.29, 1.82) is 0 Å². The molecule has 2 amide bonds. The first-order valence-corrected chi connectivity index (χ1v) is 7.20. The maximum atomic E-state index is 12.8. The van der Waals surface area contributed by atoms with Gasteiger partial charge < -0.3 is 10.6 Å². The van der Waals surface area contributed by atoms with E-state index >= 15 is 0 Å². The minimum atomic E-state index is -0.349. The van der Waals surface area contributed by atoms with E-state index in [4.69, 9.17) is 0 Å². The Hall–Kier alpha value is -2.36. The molecule has 0 bridgehead atoms. The summed E-state index contributed by atoms with van der Waals surface area (Å²) < 4.78 is 12.8. The summed E-state index contributed by atoms with van der Waals surface area (Å²) in [5, 5.41) is 5.48. The number of urea groups is 1. The average molecular weight is 300 g/mol. The Morgan fingerprint density at radius 1 is 1.00 bits per heavy atom. The Kier molecular flexibility index (Phi) is 4.50. The van der Waals surface area contributed by atoms with Crippen LogP contribution < -0.4 is 10.6 Å². The van der Waals surface area contributed by atoms with Crippen LogP contribution in [-0.4, -0.2) is 6.03 Å². The molecule has 2 aromatic rings. The molecule has 0 aromatic heterocycles. The Morgan fingerprint density at radius 2 is 1.64 bits per heavy atom. The number of amides is 2. The van der Waals surface area contributed by atoms with Gasteiger partial charge in [0.15, 0.2) is 0 Å². The summed E-state index contributed by atoms with van der Waals surface area (Å²) in [5.74, 6) is -0.334. The molecule has 2 N–H and O–H groups in total. The standard InChI is InChI=1S/C18H21FN2O/c1-12-11-13(18(2,3)4)5-10-16(12)21-17(22)20-15-8-6-14(19)7-9-15/h5-11H,1-4H3,(H2,20,21,22). The minimum absolute atomic E-state index is 0.0691. The number of anilines is 2. The molecule has 0 atom stereocenters. The normalized spacial score (nSPS) is 11.1. The van der Waals surface area contributed by atoms with Crippen molar-refractivity contribution in [2.24, 2.45) is 0 Å². The minimum Gasteiger partial charge on any atom is -0.308 e. The van der Waals surface area contributed by atoms with Crippen LogP contribution in [0, 0.1) is 12.7 Å². The number of halogens is 1. The van der Waals surface area contributed by atoms with Gasteiger partial charge in [0.1, 0.15) is 5.82 Å². The van der Waals surface area contributed by atoms with Crippen molar-refractivity contribution in [3.8, 4) is 0 Å². The quantitative estimate of drug-likeness (QED) is 0.798. The van der Waals surface area contributed by atoms with Gasteiger partial charge in [-0.2, -0.15) is 0 Å². The van der Waals surface area contributed by atoms with Crippen LogP contribution in [0.2, 0.25) is 0 Å². The molecule has 116 valence electrons. The van der Waals surface area contributed by atoms with Gasteiger partial charge >= 0.3 is 6.03 Å². The first-order chi connectivity index (χ1) is 10.3. The summed E-state index contributed by atoms with van der Waals surface area (Å²) in [6, 6.07) is 11.3. The largest absolute Gasteiger partial charge is 0.323 e. The molecule has 0 saturated heterocycles. The third-order valence-electron chi connectivity index (χ3n) is 3.44. The zero-order valence-electron chi connectivity index (χ0n) is 13.3. The Morgan fingerprint density at radius 3 is 2.18 bits per heavy atom. The van der Waals surface area contributed by atoms with Gasteiger partial charge in [0.2, 0.25) is 0 Å². The second-order valence-corrected chi connectivity index (χ2v) is 6.37. The molecule has 22 heavy (non-hydrogen) atoms. The zero-order valence-corrected chi connectivity index (χ0v) is 13.3. The molecule has 0 unspecified atom stereocenters. The third kappa shape index (κ3) is 4.07. The van der Waals surface area contributed by atoms with Gasteiger partial charge in [-0.25, -0.2) is 9.18 Å². The Balaban J connectivity index is 2.07. The van der Waals surface area contributed by atoms with E-state index in [0.717, 1.165) is 11.3 Å². The summed E-state index contributed by atoms with van der Waals surface area (Å²) in [4.78, 5) is 12.0. The SMILES string of the molecule is Cc1cc(C(C)(C)C)ccc1NC(=O)Nc1ccc(F)cc1. The van der Waals surface area contributed by atoms with Crippen LogP contribution in [0.1, 0.15) is 31.9 Å². The van der Waals surface area contributed by atoms with Gasteiger partial charge in [0.25, 0.3) is 0 Å². The molecule has 0 saturated carbocycles. The summed E-state index contributed by atoms with van der Waals surface area (Å²) in [6.45, 7) is 8.41. The number of rotatable bonds is 2. The smallest absolute Gasteiger partial charge is 0.308 e. The topological polar surface area (TPSA) is 41.1 Å². The van der Waals surface area contributed by atoms with E-state index in [1.54, 1.807) is 0 Å². The molecule has 0 heterocycles. The molecule has 0 aliphatic rings. The van der Waals surface area contributed by atoms with Crippen molar-refractivity contribution in [2.75, 3.05) is 10.6 Å². The highest BCUT2D eigenvalue weighted by molar-refractivity contribution is 6.00. The predicted octanol–water partition coefficient (Wildman–Crippen LogP) is 5.08. The van der Waals surface area contributed by atoms with E-state index in [-0.39, 0.29) is 17.3 Å². The number of aryl methyl sites for hydroxylation is 1. The molecule has 0 aliphatic carbocycles. The van der Waals surface area contributed by atoms with E-state index in [2.05, 4.69) is 37.5 Å².